The second-order valence-corrected chi connectivity index (χ2v) is 5.81. The monoisotopic (exact) mass is 246 g/mol. The number of nitrogens with two attached hydrogens (primary N) is 1. The summed E-state index contributed by atoms with van der Waals surface area (Å²) >= 11 is 0. The maximum atomic E-state index is 6.03. The lowest BCUT2D eigenvalue weighted by atomic mass is 9.86. The number of rotatable bonds is 4. The van der Waals surface area contributed by atoms with Crippen LogP contribution in [-0.2, 0) is 12.8 Å². The first kappa shape index (κ1) is 13.6. The highest BCUT2D eigenvalue weighted by atomic mass is 14.9. The molecule has 2 heteroatoms. The Balaban J connectivity index is 2.19. The van der Waals surface area contributed by atoms with E-state index in [-0.39, 0.29) is 0 Å². The number of hydrogen-bond acceptors (Lipinski definition) is 2. The normalized spacial score (nSPS) is 20.8. The van der Waals surface area contributed by atoms with Crippen LogP contribution in [0.3, 0.4) is 0 Å². The molecule has 2 rings (SSSR count). The molecular weight excluding hydrogens is 220 g/mol. The Labute approximate surface area is 111 Å². The first-order chi connectivity index (χ1) is 8.60. The van der Waals surface area contributed by atoms with E-state index in [4.69, 9.17) is 5.73 Å². The maximum absolute atomic E-state index is 6.03. The molecule has 100 valence electrons. The third kappa shape index (κ3) is 3.12. The molecule has 2 nitrogen and oxygen atoms in total. The van der Waals surface area contributed by atoms with Crippen molar-refractivity contribution in [2.45, 2.75) is 64.6 Å². The smallest absolute Gasteiger partial charge is 0.0319 e. The van der Waals surface area contributed by atoms with Crippen molar-refractivity contribution < 1.29 is 0 Å². The van der Waals surface area contributed by atoms with Crippen LogP contribution in [0.25, 0.3) is 0 Å². The van der Waals surface area contributed by atoms with Crippen molar-refractivity contribution in [3.8, 4) is 0 Å². The van der Waals surface area contributed by atoms with Crippen LogP contribution < -0.4 is 11.1 Å². The van der Waals surface area contributed by atoms with Crippen LogP contribution in [-0.4, -0.2) is 12.1 Å². The summed E-state index contributed by atoms with van der Waals surface area (Å²) in [5, 5.41) is 3.64. The van der Waals surface area contributed by atoms with Gasteiger partial charge in [-0.25, -0.2) is 0 Å². The van der Waals surface area contributed by atoms with E-state index in [1.807, 2.05) is 0 Å². The largest absolute Gasteiger partial charge is 0.327 e. The lowest BCUT2D eigenvalue weighted by molar-refractivity contribution is 0.465. The Morgan fingerprint density at radius 3 is 2.78 bits per heavy atom. The lowest BCUT2D eigenvalue weighted by Crippen LogP contribution is -2.29. The van der Waals surface area contributed by atoms with E-state index in [0.29, 0.717) is 18.1 Å². The zero-order valence-corrected chi connectivity index (χ0v) is 11.9. The molecule has 0 heterocycles. The first-order valence-electron chi connectivity index (χ1n) is 7.23. The molecule has 0 aromatic heterocycles. The predicted octanol–water partition coefficient (Wildman–Crippen LogP) is 2.95. The minimum absolute atomic E-state index is 0.360. The predicted molar refractivity (Wildman–Crippen MR) is 77.7 cm³/mol. The molecule has 0 amide bonds. The quantitative estimate of drug-likeness (QED) is 0.857. The Kier molecular flexibility index (Phi) is 4.41. The standard InChI is InChI=1S/C16H26N2/c1-4-16(18-11(2)3)14-6-5-13-10-15(17)8-7-12(13)9-14/h5-6,9,11,15-16,18H,4,7-8,10,17H2,1-3H3. The molecule has 1 aromatic rings. The highest BCUT2D eigenvalue weighted by Crippen LogP contribution is 2.26. The molecule has 1 aliphatic rings. The second kappa shape index (κ2) is 5.85. The highest BCUT2D eigenvalue weighted by Gasteiger charge is 2.17. The van der Waals surface area contributed by atoms with Crippen molar-refractivity contribution in [3.63, 3.8) is 0 Å². The number of fused-ring (bicyclic) bond motifs is 1. The Morgan fingerprint density at radius 2 is 2.11 bits per heavy atom. The van der Waals surface area contributed by atoms with Gasteiger partial charge in [0.15, 0.2) is 0 Å². The average Bonchev–Trinajstić information content (AvgIpc) is 2.35. The fourth-order valence-corrected chi connectivity index (χ4v) is 2.87. The summed E-state index contributed by atoms with van der Waals surface area (Å²) in [5.41, 5.74) is 10.4. The average molecular weight is 246 g/mol. The summed E-state index contributed by atoms with van der Waals surface area (Å²) < 4.78 is 0. The van der Waals surface area contributed by atoms with Gasteiger partial charge in [-0.2, -0.15) is 0 Å². The van der Waals surface area contributed by atoms with E-state index >= 15 is 0 Å². The molecule has 0 bridgehead atoms. The third-order valence-electron chi connectivity index (χ3n) is 3.84. The van der Waals surface area contributed by atoms with Gasteiger partial charge in [0.25, 0.3) is 0 Å². The molecule has 0 radical (unpaired) electrons. The molecule has 0 fully saturated rings. The van der Waals surface area contributed by atoms with Crippen molar-refractivity contribution in [3.05, 3.63) is 34.9 Å². The van der Waals surface area contributed by atoms with Gasteiger partial charge in [0.2, 0.25) is 0 Å². The fourth-order valence-electron chi connectivity index (χ4n) is 2.87. The van der Waals surface area contributed by atoms with Gasteiger partial charge in [-0.15, -0.1) is 0 Å². The Bertz CT molecular complexity index is 398. The van der Waals surface area contributed by atoms with E-state index in [2.05, 4.69) is 44.3 Å². The summed E-state index contributed by atoms with van der Waals surface area (Å²) in [6, 6.07) is 8.32. The number of hydrogen-bond donors (Lipinski definition) is 2. The lowest BCUT2D eigenvalue weighted by Gasteiger charge is -2.25. The molecule has 0 spiro atoms. The van der Waals surface area contributed by atoms with Gasteiger partial charge in [-0.3, -0.25) is 0 Å². The second-order valence-electron chi connectivity index (χ2n) is 5.81. The van der Waals surface area contributed by atoms with Crippen molar-refractivity contribution >= 4 is 0 Å². The minimum Gasteiger partial charge on any atom is -0.327 e. The SMILES string of the molecule is CCC(NC(C)C)c1ccc2c(c1)CCC(N)C2. The number of nitrogens with one attached hydrogen (secondary N) is 1. The summed E-state index contributed by atoms with van der Waals surface area (Å²) in [4.78, 5) is 0. The number of aryl methyl sites for hydroxylation is 1. The molecule has 2 atom stereocenters. The summed E-state index contributed by atoms with van der Waals surface area (Å²) in [6.07, 6.45) is 4.45. The molecule has 3 N–H and O–H groups in total. The maximum Gasteiger partial charge on any atom is 0.0319 e. The van der Waals surface area contributed by atoms with Gasteiger partial charge in [0, 0.05) is 18.1 Å². The molecule has 0 saturated heterocycles. The fraction of sp³-hybridized carbons (Fsp3) is 0.625. The van der Waals surface area contributed by atoms with Gasteiger partial charge in [0.05, 0.1) is 0 Å². The van der Waals surface area contributed by atoms with Gasteiger partial charge < -0.3 is 11.1 Å². The van der Waals surface area contributed by atoms with Gasteiger partial charge >= 0.3 is 0 Å². The van der Waals surface area contributed by atoms with Crippen LogP contribution in [0.15, 0.2) is 18.2 Å². The highest BCUT2D eigenvalue weighted by molar-refractivity contribution is 5.36. The van der Waals surface area contributed by atoms with Crippen molar-refractivity contribution in [2.24, 2.45) is 5.73 Å². The van der Waals surface area contributed by atoms with Crippen LogP contribution >= 0.6 is 0 Å². The molecule has 18 heavy (non-hydrogen) atoms. The van der Waals surface area contributed by atoms with Crippen molar-refractivity contribution in [1.29, 1.82) is 0 Å². The number of benzene rings is 1. The van der Waals surface area contributed by atoms with E-state index in [0.717, 1.165) is 25.7 Å². The first-order valence-corrected chi connectivity index (χ1v) is 7.23. The van der Waals surface area contributed by atoms with E-state index < -0.39 is 0 Å². The van der Waals surface area contributed by atoms with Gasteiger partial charge in [-0.1, -0.05) is 39.0 Å². The van der Waals surface area contributed by atoms with Gasteiger partial charge in [0.1, 0.15) is 0 Å². The summed E-state index contributed by atoms with van der Waals surface area (Å²) in [5.74, 6) is 0. The molecule has 1 aliphatic carbocycles. The zero-order chi connectivity index (χ0) is 13.1. The van der Waals surface area contributed by atoms with Crippen LogP contribution in [0, 0.1) is 0 Å². The van der Waals surface area contributed by atoms with Crippen molar-refractivity contribution in [1.82, 2.24) is 5.32 Å². The molecule has 0 saturated carbocycles. The summed E-state index contributed by atoms with van der Waals surface area (Å²) in [6.45, 7) is 6.66. The topological polar surface area (TPSA) is 38.0 Å². The minimum atomic E-state index is 0.360. The summed E-state index contributed by atoms with van der Waals surface area (Å²) in [7, 11) is 0. The Morgan fingerprint density at radius 1 is 1.33 bits per heavy atom. The molecule has 0 aliphatic heterocycles. The molecule has 1 aromatic carbocycles. The van der Waals surface area contributed by atoms with Crippen molar-refractivity contribution in [2.75, 3.05) is 0 Å². The third-order valence-corrected chi connectivity index (χ3v) is 3.84. The Hall–Kier alpha value is -0.860. The van der Waals surface area contributed by atoms with Crippen LogP contribution in [0.4, 0.5) is 0 Å². The molecule has 2 unspecified atom stereocenters. The molecular formula is C16H26N2. The van der Waals surface area contributed by atoms with E-state index in [1.165, 1.54) is 16.7 Å². The van der Waals surface area contributed by atoms with Crippen LogP contribution in [0.5, 0.6) is 0 Å². The zero-order valence-electron chi connectivity index (χ0n) is 11.9. The van der Waals surface area contributed by atoms with Crippen LogP contribution in [0.2, 0.25) is 0 Å². The van der Waals surface area contributed by atoms with Crippen LogP contribution in [0.1, 0.15) is 56.3 Å². The van der Waals surface area contributed by atoms with Gasteiger partial charge in [-0.05, 0) is 42.4 Å². The van der Waals surface area contributed by atoms with E-state index in [1.54, 1.807) is 0 Å². The van der Waals surface area contributed by atoms with E-state index in [9.17, 15) is 0 Å².